The third-order valence-corrected chi connectivity index (χ3v) is 4.34. The summed E-state index contributed by atoms with van der Waals surface area (Å²) in [6, 6.07) is 11.7. The van der Waals surface area contributed by atoms with E-state index in [2.05, 4.69) is 29.0 Å². The lowest BCUT2D eigenvalue weighted by atomic mass is 10.2. The fourth-order valence-electron chi connectivity index (χ4n) is 2.02. The molecule has 3 aromatic rings. The van der Waals surface area contributed by atoms with Gasteiger partial charge in [-0.05, 0) is 48.4 Å². The Morgan fingerprint density at radius 3 is 2.95 bits per heavy atom. The first-order valence-corrected chi connectivity index (χ1v) is 7.61. The van der Waals surface area contributed by atoms with Crippen LogP contribution in [0.3, 0.4) is 0 Å². The number of halogens is 1. The van der Waals surface area contributed by atoms with Crippen LogP contribution in [0.15, 0.2) is 41.6 Å². The van der Waals surface area contributed by atoms with Crippen LogP contribution in [0.5, 0.6) is 0 Å². The summed E-state index contributed by atoms with van der Waals surface area (Å²) in [7, 11) is 0. The quantitative estimate of drug-likeness (QED) is 0.557. The van der Waals surface area contributed by atoms with Crippen molar-refractivity contribution in [3.63, 3.8) is 0 Å². The van der Waals surface area contributed by atoms with Gasteiger partial charge in [-0.2, -0.15) is 0 Å². The number of H-pyrrole nitrogens is 1. The number of thioether (sulfide) groups is 1. The number of aromatic amines is 1. The number of nitrogens with two attached hydrogens (primary N) is 1. The van der Waals surface area contributed by atoms with Crippen molar-refractivity contribution in [1.82, 2.24) is 9.97 Å². The topological polar surface area (TPSA) is 54.7 Å². The minimum atomic E-state index is 0.727. The average Bonchev–Trinajstić information content (AvgIpc) is 2.81. The molecule has 0 aliphatic carbocycles. The number of rotatable bonds is 3. The van der Waals surface area contributed by atoms with E-state index < -0.39 is 0 Å². The number of anilines is 1. The van der Waals surface area contributed by atoms with Crippen LogP contribution in [0.25, 0.3) is 11.0 Å². The molecule has 0 fully saturated rings. The highest BCUT2D eigenvalue weighted by Gasteiger charge is 2.06. The maximum atomic E-state index is 6.16. The van der Waals surface area contributed by atoms with E-state index in [4.69, 9.17) is 17.3 Å². The summed E-state index contributed by atoms with van der Waals surface area (Å²) in [5, 5.41) is 1.63. The molecule has 1 heterocycles. The maximum Gasteiger partial charge on any atom is 0.166 e. The molecule has 3 rings (SSSR count). The molecule has 102 valence electrons. The van der Waals surface area contributed by atoms with Gasteiger partial charge in [-0.3, -0.25) is 0 Å². The maximum absolute atomic E-state index is 6.16. The van der Waals surface area contributed by atoms with E-state index in [9.17, 15) is 0 Å². The highest BCUT2D eigenvalue weighted by molar-refractivity contribution is 7.98. The van der Waals surface area contributed by atoms with Gasteiger partial charge in [0.2, 0.25) is 0 Å². The van der Waals surface area contributed by atoms with Gasteiger partial charge >= 0.3 is 0 Å². The van der Waals surface area contributed by atoms with Gasteiger partial charge in [0.05, 0.1) is 11.0 Å². The lowest BCUT2D eigenvalue weighted by Crippen LogP contribution is -1.89. The molecular formula is C15H14ClN3S. The van der Waals surface area contributed by atoms with Gasteiger partial charge in [0, 0.05) is 16.5 Å². The van der Waals surface area contributed by atoms with Crippen molar-refractivity contribution in [3.05, 3.63) is 52.5 Å². The summed E-state index contributed by atoms with van der Waals surface area (Å²) < 4.78 is 0. The van der Waals surface area contributed by atoms with E-state index in [1.54, 1.807) is 17.8 Å². The number of nitrogen functional groups attached to an aromatic ring is 1. The standard InChI is InChI=1S/C15H14ClN3S/c1-9-2-5-13-14(6-9)19-15(18-13)20-8-10-7-11(17)3-4-12(10)16/h2-7H,8,17H2,1H3,(H,18,19). The summed E-state index contributed by atoms with van der Waals surface area (Å²) in [6.45, 7) is 2.07. The number of aromatic nitrogens is 2. The number of hydrogen-bond donors (Lipinski definition) is 2. The summed E-state index contributed by atoms with van der Waals surface area (Å²) in [4.78, 5) is 7.87. The number of imidazole rings is 1. The van der Waals surface area contributed by atoms with E-state index in [-0.39, 0.29) is 0 Å². The van der Waals surface area contributed by atoms with Crippen LogP contribution in [0.2, 0.25) is 5.02 Å². The van der Waals surface area contributed by atoms with E-state index in [0.717, 1.165) is 38.2 Å². The lowest BCUT2D eigenvalue weighted by molar-refractivity contribution is 1.08. The molecule has 2 aromatic carbocycles. The van der Waals surface area contributed by atoms with Gasteiger partial charge in [0.1, 0.15) is 0 Å². The number of hydrogen-bond acceptors (Lipinski definition) is 3. The smallest absolute Gasteiger partial charge is 0.166 e. The fourth-order valence-corrected chi connectivity index (χ4v) is 3.16. The minimum absolute atomic E-state index is 0.727. The Morgan fingerprint density at radius 1 is 1.25 bits per heavy atom. The van der Waals surface area contributed by atoms with Crippen molar-refractivity contribution in [3.8, 4) is 0 Å². The minimum Gasteiger partial charge on any atom is -0.399 e. The molecule has 0 unspecified atom stereocenters. The van der Waals surface area contributed by atoms with Crippen LogP contribution < -0.4 is 5.73 Å². The first-order chi connectivity index (χ1) is 9.61. The Kier molecular flexibility index (Phi) is 3.59. The van der Waals surface area contributed by atoms with Crippen LogP contribution in [0.1, 0.15) is 11.1 Å². The van der Waals surface area contributed by atoms with E-state index in [1.165, 1.54) is 5.56 Å². The van der Waals surface area contributed by atoms with Gasteiger partial charge in [-0.1, -0.05) is 29.4 Å². The van der Waals surface area contributed by atoms with Gasteiger partial charge < -0.3 is 10.7 Å². The predicted molar refractivity (Wildman–Crippen MR) is 86.3 cm³/mol. The zero-order chi connectivity index (χ0) is 14.1. The molecule has 5 heteroatoms. The monoisotopic (exact) mass is 303 g/mol. The molecule has 0 saturated heterocycles. The third-order valence-electron chi connectivity index (χ3n) is 3.05. The number of benzene rings is 2. The van der Waals surface area contributed by atoms with Gasteiger partial charge in [-0.15, -0.1) is 0 Å². The zero-order valence-corrected chi connectivity index (χ0v) is 12.6. The number of nitrogens with one attached hydrogen (secondary N) is 1. The van der Waals surface area contributed by atoms with Crippen molar-refractivity contribution in [2.45, 2.75) is 17.8 Å². The van der Waals surface area contributed by atoms with Gasteiger partial charge in [0.25, 0.3) is 0 Å². The highest BCUT2D eigenvalue weighted by atomic mass is 35.5. The van der Waals surface area contributed by atoms with Crippen LogP contribution in [0, 0.1) is 6.92 Å². The second kappa shape index (κ2) is 5.38. The Morgan fingerprint density at radius 2 is 2.10 bits per heavy atom. The molecule has 3 nitrogen and oxygen atoms in total. The highest BCUT2D eigenvalue weighted by Crippen LogP contribution is 2.28. The van der Waals surface area contributed by atoms with Crippen molar-refractivity contribution in [1.29, 1.82) is 0 Å². The normalized spacial score (nSPS) is 11.1. The molecule has 0 aliphatic rings. The molecule has 0 radical (unpaired) electrons. The van der Waals surface area contributed by atoms with Crippen molar-refractivity contribution < 1.29 is 0 Å². The number of aryl methyl sites for hydroxylation is 1. The van der Waals surface area contributed by atoms with Crippen LogP contribution in [-0.2, 0) is 5.75 Å². The van der Waals surface area contributed by atoms with E-state index in [1.807, 2.05) is 18.2 Å². The Hall–Kier alpha value is -1.65. The van der Waals surface area contributed by atoms with Crippen LogP contribution in [-0.4, -0.2) is 9.97 Å². The Balaban J connectivity index is 1.81. The van der Waals surface area contributed by atoms with Crippen LogP contribution in [0.4, 0.5) is 5.69 Å². The van der Waals surface area contributed by atoms with E-state index >= 15 is 0 Å². The number of fused-ring (bicyclic) bond motifs is 1. The summed E-state index contributed by atoms with van der Waals surface area (Å²) in [6.07, 6.45) is 0. The molecule has 20 heavy (non-hydrogen) atoms. The fraction of sp³-hybridized carbons (Fsp3) is 0.133. The average molecular weight is 304 g/mol. The predicted octanol–water partition coefficient (Wildman–Crippen LogP) is 4.40. The van der Waals surface area contributed by atoms with Crippen molar-refractivity contribution in [2.24, 2.45) is 0 Å². The largest absolute Gasteiger partial charge is 0.399 e. The molecule has 0 amide bonds. The van der Waals surface area contributed by atoms with Crippen molar-refractivity contribution >= 4 is 40.1 Å². The summed E-state index contributed by atoms with van der Waals surface area (Å²) in [5.41, 5.74) is 10.8. The molecule has 0 saturated carbocycles. The Labute approximate surface area is 126 Å². The summed E-state index contributed by atoms with van der Waals surface area (Å²) >= 11 is 7.78. The number of nitrogens with zero attached hydrogens (tertiary/aromatic N) is 1. The second-order valence-electron chi connectivity index (χ2n) is 4.70. The molecule has 3 N–H and O–H groups in total. The second-order valence-corrected chi connectivity index (χ2v) is 6.07. The molecule has 1 aromatic heterocycles. The Bertz CT molecular complexity index is 767. The third kappa shape index (κ3) is 2.76. The lowest BCUT2D eigenvalue weighted by Gasteiger charge is -2.03. The first-order valence-electron chi connectivity index (χ1n) is 6.25. The molecule has 0 bridgehead atoms. The molecule has 0 spiro atoms. The van der Waals surface area contributed by atoms with Gasteiger partial charge in [0.15, 0.2) is 5.16 Å². The van der Waals surface area contributed by atoms with Crippen LogP contribution >= 0.6 is 23.4 Å². The summed E-state index contributed by atoms with van der Waals surface area (Å²) in [5.74, 6) is 0.739. The van der Waals surface area contributed by atoms with Gasteiger partial charge in [-0.25, -0.2) is 4.98 Å². The first kappa shape index (κ1) is 13.3. The molecule has 0 atom stereocenters. The SMILES string of the molecule is Cc1ccc2nc(SCc3cc(N)ccc3Cl)[nH]c2c1. The molecule has 0 aliphatic heterocycles. The zero-order valence-electron chi connectivity index (χ0n) is 11.0. The molecular weight excluding hydrogens is 290 g/mol. The van der Waals surface area contributed by atoms with Crippen molar-refractivity contribution in [2.75, 3.05) is 5.73 Å². The van der Waals surface area contributed by atoms with E-state index in [0.29, 0.717) is 0 Å².